The number of aliphatic imine (C=N–C) groups is 1. The van der Waals surface area contributed by atoms with Gasteiger partial charge in [0.2, 0.25) is 5.96 Å². The zero-order valence-electron chi connectivity index (χ0n) is 18.7. The number of nitrogens with one attached hydrogen (secondary N) is 3. The number of aromatic nitrogens is 1. The Labute approximate surface area is 188 Å². The van der Waals surface area contributed by atoms with Crippen LogP contribution in [0.3, 0.4) is 0 Å². The topological polar surface area (TPSA) is 69.3 Å². The summed E-state index contributed by atoms with van der Waals surface area (Å²) in [6.45, 7) is 6.58. The van der Waals surface area contributed by atoms with E-state index in [2.05, 4.69) is 40.7 Å². The number of aryl methyl sites for hydroxylation is 3. The molecular formula is C27H28N4O. The zero-order chi connectivity index (χ0) is 22.5. The summed E-state index contributed by atoms with van der Waals surface area (Å²) in [5.74, 6) is 0.274. The molecular weight excluding hydrogens is 396 g/mol. The van der Waals surface area contributed by atoms with Gasteiger partial charge in [-0.3, -0.25) is 15.1 Å². The third kappa shape index (κ3) is 4.89. The number of para-hydroxylation sites is 1. The Balaban J connectivity index is 1.55. The Morgan fingerprint density at radius 2 is 1.72 bits per heavy atom. The fourth-order valence-corrected chi connectivity index (χ4v) is 3.82. The molecule has 0 atom stereocenters. The number of amides is 1. The van der Waals surface area contributed by atoms with Crippen molar-refractivity contribution in [2.75, 3.05) is 11.9 Å². The van der Waals surface area contributed by atoms with Gasteiger partial charge in [0.15, 0.2) is 0 Å². The van der Waals surface area contributed by atoms with Crippen LogP contribution in [0.2, 0.25) is 0 Å². The van der Waals surface area contributed by atoms with Crippen molar-refractivity contribution in [3.05, 3.63) is 101 Å². The first-order valence-electron chi connectivity index (χ1n) is 10.8. The highest BCUT2D eigenvalue weighted by Crippen LogP contribution is 2.19. The number of H-pyrrole nitrogens is 1. The molecule has 5 heteroatoms. The minimum atomic E-state index is -0.175. The summed E-state index contributed by atoms with van der Waals surface area (Å²) in [6, 6.07) is 22.0. The second kappa shape index (κ2) is 9.52. The van der Waals surface area contributed by atoms with Crippen LogP contribution in [0.15, 0.2) is 77.9 Å². The van der Waals surface area contributed by atoms with Crippen molar-refractivity contribution >= 4 is 28.5 Å². The maximum Gasteiger partial charge on any atom is 0.258 e. The van der Waals surface area contributed by atoms with Crippen LogP contribution >= 0.6 is 0 Å². The van der Waals surface area contributed by atoms with Crippen molar-refractivity contribution in [2.45, 2.75) is 27.2 Å². The van der Waals surface area contributed by atoms with Crippen LogP contribution in [-0.4, -0.2) is 23.4 Å². The first kappa shape index (κ1) is 21.4. The molecule has 4 aromatic rings. The van der Waals surface area contributed by atoms with Crippen molar-refractivity contribution < 1.29 is 4.79 Å². The fraction of sp³-hybridized carbons (Fsp3) is 0.185. The van der Waals surface area contributed by atoms with Gasteiger partial charge in [-0.05, 0) is 62.1 Å². The maximum atomic E-state index is 12.9. The molecule has 0 spiro atoms. The lowest BCUT2D eigenvalue weighted by Crippen LogP contribution is -2.36. The van der Waals surface area contributed by atoms with E-state index in [1.54, 1.807) is 0 Å². The van der Waals surface area contributed by atoms with Crippen molar-refractivity contribution in [1.29, 1.82) is 0 Å². The van der Waals surface area contributed by atoms with E-state index in [9.17, 15) is 4.79 Å². The third-order valence-corrected chi connectivity index (χ3v) is 5.58. The van der Waals surface area contributed by atoms with E-state index >= 15 is 0 Å². The lowest BCUT2D eigenvalue weighted by Gasteiger charge is -2.15. The molecule has 0 saturated heterocycles. The van der Waals surface area contributed by atoms with Gasteiger partial charge in [-0.25, -0.2) is 0 Å². The van der Waals surface area contributed by atoms with Gasteiger partial charge in [-0.2, -0.15) is 0 Å². The predicted molar refractivity (Wildman–Crippen MR) is 132 cm³/mol. The predicted octanol–water partition coefficient (Wildman–Crippen LogP) is 5.53. The van der Waals surface area contributed by atoms with E-state index in [0.29, 0.717) is 18.1 Å². The SMILES string of the molecule is Cc1ccc(NC(=NCCc2c[nH]c3ccccc23)NC(=O)c2ccccc2C)c(C)c1. The highest BCUT2D eigenvalue weighted by atomic mass is 16.1. The van der Waals surface area contributed by atoms with Crippen LogP contribution < -0.4 is 10.6 Å². The van der Waals surface area contributed by atoms with Crippen LogP contribution in [0.1, 0.15) is 32.6 Å². The molecule has 0 saturated carbocycles. The minimum absolute atomic E-state index is 0.175. The highest BCUT2D eigenvalue weighted by molar-refractivity contribution is 6.10. The number of hydrogen-bond acceptors (Lipinski definition) is 2. The standard InChI is InChI=1S/C27H28N4O/c1-18-12-13-24(20(3)16-18)30-27(31-26(32)22-9-5-4-8-19(22)2)28-15-14-21-17-29-25-11-7-6-10-23(21)25/h4-13,16-17,29H,14-15H2,1-3H3,(H2,28,30,31,32). The van der Waals surface area contributed by atoms with Crippen molar-refractivity contribution in [3.63, 3.8) is 0 Å². The third-order valence-electron chi connectivity index (χ3n) is 5.58. The van der Waals surface area contributed by atoms with Gasteiger partial charge in [-0.1, -0.05) is 54.1 Å². The number of rotatable bonds is 5. The Kier molecular flexibility index (Phi) is 6.36. The first-order chi connectivity index (χ1) is 15.5. The van der Waals surface area contributed by atoms with Crippen LogP contribution in [0.5, 0.6) is 0 Å². The Hall–Kier alpha value is -3.86. The molecule has 1 heterocycles. The second-order valence-corrected chi connectivity index (χ2v) is 8.05. The normalized spacial score (nSPS) is 11.5. The monoisotopic (exact) mass is 424 g/mol. The molecule has 0 unspecified atom stereocenters. The molecule has 0 aliphatic carbocycles. The number of fused-ring (bicyclic) bond motifs is 1. The largest absolute Gasteiger partial charge is 0.361 e. The van der Waals surface area contributed by atoms with Crippen LogP contribution in [0.25, 0.3) is 10.9 Å². The molecule has 5 nitrogen and oxygen atoms in total. The van der Waals surface area contributed by atoms with Gasteiger partial charge >= 0.3 is 0 Å². The second-order valence-electron chi connectivity index (χ2n) is 8.05. The van der Waals surface area contributed by atoms with Crippen LogP contribution in [0.4, 0.5) is 5.69 Å². The van der Waals surface area contributed by atoms with E-state index in [4.69, 9.17) is 4.99 Å². The number of carbonyl (C=O) groups is 1. The van der Waals surface area contributed by atoms with Crippen LogP contribution in [-0.2, 0) is 6.42 Å². The van der Waals surface area contributed by atoms with E-state index in [1.165, 1.54) is 16.5 Å². The van der Waals surface area contributed by atoms with E-state index < -0.39 is 0 Å². The summed E-state index contributed by atoms with van der Waals surface area (Å²) in [5.41, 5.74) is 7.10. The Morgan fingerprint density at radius 3 is 2.53 bits per heavy atom. The average Bonchev–Trinajstić information content (AvgIpc) is 3.19. The lowest BCUT2D eigenvalue weighted by atomic mass is 10.1. The molecule has 0 radical (unpaired) electrons. The van der Waals surface area contributed by atoms with Gasteiger partial charge in [0.25, 0.3) is 5.91 Å². The van der Waals surface area contributed by atoms with Gasteiger partial charge in [0, 0.05) is 34.9 Å². The summed E-state index contributed by atoms with van der Waals surface area (Å²) >= 11 is 0. The lowest BCUT2D eigenvalue weighted by molar-refractivity contribution is 0.0976. The van der Waals surface area contributed by atoms with Gasteiger partial charge < -0.3 is 10.3 Å². The molecule has 1 amide bonds. The molecule has 4 rings (SSSR count). The van der Waals surface area contributed by atoms with Gasteiger partial charge in [-0.15, -0.1) is 0 Å². The number of hydrogen-bond donors (Lipinski definition) is 3. The quantitative estimate of drug-likeness (QED) is 0.291. The van der Waals surface area contributed by atoms with E-state index in [1.807, 2.05) is 68.6 Å². The molecule has 162 valence electrons. The van der Waals surface area contributed by atoms with Gasteiger partial charge in [0.1, 0.15) is 0 Å². The Morgan fingerprint density at radius 1 is 0.938 bits per heavy atom. The van der Waals surface area contributed by atoms with Gasteiger partial charge in [0.05, 0.1) is 0 Å². The summed E-state index contributed by atoms with van der Waals surface area (Å²) in [5, 5.41) is 7.50. The molecule has 3 aromatic carbocycles. The molecule has 0 fully saturated rings. The molecule has 1 aromatic heterocycles. The number of nitrogens with zero attached hydrogens (tertiary/aromatic N) is 1. The van der Waals surface area contributed by atoms with Crippen molar-refractivity contribution in [3.8, 4) is 0 Å². The zero-order valence-corrected chi connectivity index (χ0v) is 18.7. The summed E-state index contributed by atoms with van der Waals surface area (Å²) in [7, 11) is 0. The maximum absolute atomic E-state index is 12.9. The fourth-order valence-electron chi connectivity index (χ4n) is 3.82. The summed E-state index contributed by atoms with van der Waals surface area (Å²) in [4.78, 5) is 21.0. The summed E-state index contributed by atoms with van der Waals surface area (Å²) < 4.78 is 0. The number of aromatic amines is 1. The minimum Gasteiger partial charge on any atom is -0.361 e. The number of benzene rings is 3. The van der Waals surface area contributed by atoms with Crippen molar-refractivity contribution in [1.82, 2.24) is 10.3 Å². The van der Waals surface area contributed by atoms with E-state index in [0.717, 1.165) is 28.8 Å². The number of guanidine groups is 1. The summed E-state index contributed by atoms with van der Waals surface area (Å²) in [6.07, 6.45) is 2.80. The highest BCUT2D eigenvalue weighted by Gasteiger charge is 2.12. The van der Waals surface area contributed by atoms with E-state index in [-0.39, 0.29) is 5.91 Å². The number of carbonyl (C=O) groups excluding carboxylic acids is 1. The molecule has 0 bridgehead atoms. The average molecular weight is 425 g/mol. The van der Waals surface area contributed by atoms with Crippen molar-refractivity contribution in [2.24, 2.45) is 4.99 Å². The smallest absolute Gasteiger partial charge is 0.258 e. The first-order valence-corrected chi connectivity index (χ1v) is 10.8. The molecule has 0 aliphatic rings. The number of anilines is 1. The molecule has 3 N–H and O–H groups in total. The Bertz CT molecular complexity index is 1290. The van der Waals surface area contributed by atoms with Crippen LogP contribution in [0, 0.1) is 20.8 Å². The molecule has 0 aliphatic heterocycles. The molecule has 32 heavy (non-hydrogen) atoms.